The number of likely N-dealkylation sites (tertiary alicyclic amines) is 1. The van der Waals surface area contributed by atoms with Crippen LogP contribution in [-0.4, -0.2) is 30.1 Å². The first-order chi connectivity index (χ1) is 3.72. The third kappa shape index (κ3) is 0.851. The van der Waals surface area contributed by atoms with E-state index in [1.54, 1.807) is 4.90 Å². The lowest BCUT2D eigenvalue weighted by molar-refractivity contribution is -0.126. The van der Waals surface area contributed by atoms with Crippen molar-refractivity contribution in [3.63, 3.8) is 0 Å². The summed E-state index contributed by atoms with van der Waals surface area (Å²) in [6, 6.07) is 0. The number of rotatable bonds is 0. The van der Waals surface area contributed by atoms with Crippen molar-refractivity contribution >= 4 is 15.1 Å². The summed E-state index contributed by atoms with van der Waals surface area (Å²) in [6.07, 6.45) is 1.00. The molecule has 0 saturated carbocycles. The van der Waals surface area contributed by atoms with Gasteiger partial charge in [0.15, 0.2) is 0 Å². The van der Waals surface area contributed by atoms with Gasteiger partial charge < -0.3 is 4.90 Å². The molecule has 1 fully saturated rings. The fourth-order valence-electron chi connectivity index (χ4n) is 0.849. The van der Waals surface area contributed by atoms with Crippen LogP contribution < -0.4 is 0 Å². The van der Waals surface area contributed by atoms with Gasteiger partial charge in [-0.3, -0.25) is 4.79 Å². The molecule has 1 rings (SSSR count). The molecule has 2 atom stereocenters. The number of hydrogen-bond acceptors (Lipinski definition) is 1. The summed E-state index contributed by atoms with van der Waals surface area (Å²) >= 11 is 0. The quantitative estimate of drug-likeness (QED) is 0.427. The van der Waals surface area contributed by atoms with Crippen LogP contribution in [0.5, 0.6) is 0 Å². The summed E-state index contributed by atoms with van der Waals surface area (Å²) in [6.45, 7) is 0.924. The van der Waals surface area contributed by atoms with Gasteiger partial charge in [0.25, 0.3) is 0 Å². The molecule has 0 radical (unpaired) electrons. The molecule has 0 spiro atoms. The number of carbonyl (C=O) groups excluding carboxylic acids is 1. The lowest BCUT2D eigenvalue weighted by Crippen LogP contribution is -2.22. The van der Waals surface area contributed by atoms with E-state index in [0.29, 0.717) is 0 Å². The molecule has 0 aromatic rings. The molecule has 0 aromatic carbocycles. The minimum Gasteiger partial charge on any atom is -0.345 e. The van der Waals surface area contributed by atoms with E-state index in [2.05, 4.69) is 9.24 Å². The van der Waals surface area contributed by atoms with Crippen LogP contribution >= 0.6 is 9.24 Å². The van der Waals surface area contributed by atoms with Gasteiger partial charge in [-0.25, -0.2) is 0 Å². The summed E-state index contributed by atoms with van der Waals surface area (Å²) in [5.41, 5.74) is 0.194. The smallest absolute Gasteiger partial charge is 0.229 e. The van der Waals surface area contributed by atoms with E-state index in [1.165, 1.54) is 0 Å². The van der Waals surface area contributed by atoms with E-state index >= 15 is 0 Å². The van der Waals surface area contributed by atoms with Crippen molar-refractivity contribution in [2.45, 2.75) is 12.1 Å². The average Bonchev–Trinajstić information content (AvgIpc) is 1.98. The Kier molecular flexibility index (Phi) is 1.52. The van der Waals surface area contributed by atoms with Crippen molar-refractivity contribution in [3.8, 4) is 0 Å². The van der Waals surface area contributed by atoms with Crippen molar-refractivity contribution in [1.29, 1.82) is 0 Å². The molecule has 1 aliphatic heterocycles. The molecule has 1 unspecified atom stereocenters. The molecule has 0 aromatic heterocycles. The van der Waals surface area contributed by atoms with E-state index in [9.17, 15) is 4.79 Å². The van der Waals surface area contributed by atoms with Crippen LogP contribution in [0.25, 0.3) is 0 Å². The molecule has 1 heterocycles. The van der Waals surface area contributed by atoms with Crippen molar-refractivity contribution in [1.82, 2.24) is 4.90 Å². The zero-order valence-electron chi connectivity index (χ0n) is 4.92. The van der Waals surface area contributed by atoms with E-state index in [1.807, 2.05) is 7.05 Å². The van der Waals surface area contributed by atoms with Gasteiger partial charge >= 0.3 is 0 Å². The molecular weight excluding hydrogens is 121 g/mol. The fraction of sp³-hybridized carbons (Fsp3) is 0.800. The van der Waals surface area contributed by atoms with Gasteiger partial charge in [0, 0.05) is 13.6 Å². The highest BCUT2D eigenvalue weighted by Gasteiger charge is 2.24. The summed E-state index contributed by atoms with van der Waals surface area (Å²) in [5.74, 6) is 0.259. The first-order valence-corrected chi connectivity index (χ1v) is 3.39. The van der Waals surface area contributed by atoms with E-state index in [-0.39, 0.29) is 11.6 Å². The van der Waals surface area contributed by atoms with Crippen LogP contribution in [0.3, 0.4) is 0 Å². The largest absolute Gasteiger partial charge is 0.345 e. The van der Waals surface area contributed by atoms with Crippen LogP contribution in [0.15, 0.2) is 0 Å². The van der Waals surface area contributed by atoms with Crippen LogP contribution in [-0.2, 0) is 4.79 Å². The second-order valence-corrected chi connectivity index (χ2v) is 2.96. The minimum absolute atomic E-state index is 0.194. The van der Waals surface area contributed by atoms with Crippen molar-refractivity contribution in [3.05, 3.63) is 0 Å². The van der Waals surface area contributed by atoms with Gasteiger partial charge in [0.05, 0.1) is 5.66 Å². The number of hydrogen-bond donors (Lipinski definition) is 0. The molecule has 0 aliphatic carbocycles. The summed E-state index contributed by atoms with van der Waals surface area (Å²) < 4.78 is 0. The van der Waals surface area contributed by atoms with Gasteiger partial charge in [0.2, 0.25) is 5.91 Å². The first kappa shape index (κ1) is 6.03. The van der Waals surface area contributed by atoms with Crippen LogP contribution in [0.4, 0.5) is 0 Å². The van der Waals surface area contributed by atoms with E-state index in [4.69, 9.17) is 0 Å². The summed E-state index contributed by atoms with van der Waals surface area (Å²) in [4.78, 5) is 12.6. The second kappa shape index (κ2) is 2.02. The maximum atomic E-state index is 10.8. The Morgan fingerprint density at radius 2 is 2.50 bits per heavy atom. The van der Waals surface area contributed by atoms with Crippen molar-refractivity contribution < 1.29 is 4.79 Å². The third-order valence-electron chi connectivity index (χ3n) is 1.47. The molecule has 3 heteroatoms. The predicted octanol–water partition coefficient (Wildman–Crippen LogP) is 0.0922. The van der Waals surface area contributed by atoms with Gasteiger partial charge in [-0.05, 0) is 6.42 Å². The van der Waals surface area contributed by atoms with Crippen LogP contribution in [0, 0.1) is 0 Å². The van der Waals surface area contributed by atoms with Crippen LogP contribution in [0.1, 0.15) is 6.42 Å². The monoisotopic (exact) mass is 131 g/mol. The maximum Gasteiger partial charge on any atom is 0.229 e. The molecule has 46 valence electrons. The molecule has 0 bridgehead atoms. The molecule has 1 saturated heterocycles. The summed E-state index contributed by atoms with van der Waals surface area (Å²) in [7, 11) is 4.38. The average molecular weight is 131 g/mol. The highest BCUT2D eigenvalue weighted by molar-refractivity contribution is 7.19. The SMILES string of the molecule is CN1CC[C@H](P)C1=O. The minimum atomic E-state index is 0.194. The van der Waals surface area contributed by atoms with Crippen molar-refractivity contribution in [2.24, 2.45) is 0 Å². The standard InChI is InChI=1S/C5H10NOP/c1-6-3-2-4(8)5(6)7/h4H,2-3,8H2,1H3/t4-/m0/s1. The lowest BCUT2D eigenvalue weighted by atomic mass is 10.4. The zero-order chi connectivity index (χ0) is 6.15. The Morgan fingerprint density at radius 3 is 2.62 bits per heavy atom. The topological polar surface area (TPSA) is 20.3 Å². The Hall–Kier alpha value is -0.100. The van der Waals surface area contributed by atoms with E-state index < -0.39 is 0 Å². The molecule has 0 N–H and O–H groups in total. The maximum absolute atomic E-state index is 10.8. The third-order valence-corrected chi connectivity index (χ3v) is 2.09. The molecular formula is C5H10NOP. The number of amides is 1. The Morgan fingerprint density at radius 1 is 1.88 bits per heavy atom. The Bertz CT molecular complexity index is 103. The second-order valence-electron chi connectivity index (χ2n) is 2.15. The molecule has 1 aliphatic rings. The lowest BCUT2D eigenvalue weighted by Gasteiger charge is -2.05. The fourth-order valence-corrected chi connectivity index (χ4v) is 1.25. The Labute approximate surface area is 51.4 Å². The highest BCUT2D eigenvalue weighted by atomic mass is 31.0. The normalized spacial score (nSPS) is 29.5. The van der Waals surface area contributed by atoms with E-state index in [0.717, 1.165) is 13.0 Å². The molecule has 1 amide bonds. The van der Waals surface area contributed by atoms with Crippen LogP contribution in [0.2, 0.25) is 0 Å². The van der Waals surface area contributed by atoms with Gasteiger partial charge in [-0.15, -0.1) is 9.24 Å². The summed E-state index contributed by atoms with van der Waals surface area (Å²) in [5, 5.41) is 0. The predicted molar refractivity (Wildman–Crippen MR) is 35.8 cm³/mol. The Balaban J connectivity index is 2.57. The molecule has 2 nitrogen and oxygen atoms in total. The molecule has 8 heavy (non-hydrogen) atoms. The highest BCUT2D eigenvalue weighted by Crippen LogP contribution is 2.15. The van der Waals surface area contributed by atoms with Crippen molar-refractivity contribution in [2.75, 3.05) is 13.6 Å². The number of carbonyl (C=O) groups is 1. The number of nitrogens with zero attached hydrogens (tertiary/aromatic N) is 1. The van der Waals surface area contributed by atoms with Gasteiger partial charge in [-0.1, -0.05) is 0 Å². The zero-order valence-corrected chi connectivity index (χ0v) is 6.08. The van der Waals surface area contributed by atoms with Gasteiger partial charge in [-0.2, -0.15) is 0 Å². The van der Waals surface area contributed by atoms with Gasteiger partial charge in [0.1, 0.15) is 0 Å². The first-order valence-electron chi connectivity index (χ1n) is 2.72.